The monoisotopic (exact) mass is 432 g/mol. The van der Waals surface area contributed by atoms with E-state index in [1.54, 1.807) is 11.9 Å². The lowest BCUT2D eigenvalue weighted by molar-refractivity contribution is -0.152. The zero-order valence-corrected chi connectivity index (χ0v) is 18.6. The van der Waals surface area contributed by atoms with E-state index in [1.807, 2.05) is 38.1 Å². The third-order valence-electron chi connectivity index (χ3n) is 4.87. The normalized spacial score (nSPS) is 13.2. The minimum atomic E-state index is -0.213. The number of hydrogen-bond acceptors (Lipinski definition) is 6. The Morgan fingerprint density at radius 3 is 2.35 bits per heavy atom. The predicted molar refractivity (Wildman–Crippen MR) is 114 cm³/mol. The molecule has 0 atom stereocenters. The lowest BCUT2D eigenvalue weighted by Gasteiger charge is -2.28. The number of likely N-dealkylation sites (N-methyl/N-ethyl adjacent to an activating group) is 1. The Morgan fingerprint density at radius 2 is 1.77 bits per heavy atom. The van der Waals surface area contributed by atoms with E-state index in [0.29, 0.717) is 39.0 Å². The lowest BCUT2D eigenvalue weighted by atomic mass is 10.1. The molecule has 1 aliphatic rings. The summed E-state index contributed by atoms with van der Waals surface area (Å²) in [4.78, 5) is 49.8. The van der Waals surface area contributed by atoms with E-state index < -0.39 is 0 Å². The van der Waals surface area contributed by atoms with Gasteiger partial charge in [0, 0.05) is 39.4 Å². The summed E-state index contributed by atoms with van der Waals surface area (Å²) in [6.07, 6.45) is 1.59. The molecule has 0 N–H and O–H groups in total. The van der Waals surface area contributed by atoms with Crippen LogP contribution in [0.4, 0.5) is 0 Å². The minimum Gasteiger partial charge on any atom is -0.466 e. The Balaban J connectivity index is 1.62. The van der Waals surface area contributed by atoms with Crippen LogP contribution in [-0.2, 0) is 41.6 Å². The molecule has 1 fully saturated rings. The first-order chi connectivity index (χ1) is 14.8. The van der Waals surface area contributed by atoms with Gasteiger partial charge >= 0.3 is 5.97 Å². The number of carbonyl (C=O) groups is 4. The van der Waals surface area contributed by atoms with Crippen molar-refractivity contribution >= 4 is 23.7 Å². The average molecular weight is 433 g/mol. The number of β-lactam (4-membered cyclic amide) rings is 1. The maximum Gasteiger partial charge on any atom is 0.306 e. The molecular weight excluding hydrogens is 400 g/mol. The van der Waals surface area contributed by atoms with Crippen LogP contribution in [0.15, 0.2) is 24.3 Å². The molecule has 0 saturated carbocycles. The molecule has 1 aromatic carbocycles. The van der Waals surface area contributed by atoms with E-state index in [-0.39, 0.29) is 49.2 Å². The number of rotatable bonds is 12. The number of ether oxygens (including phenoxy) is 2. The molecule has 0 spiro atoms. The largest absolute Gasteiger partial charge is 0.466 e. The van der Waals surface area contributed by atoms with Crippen LogP contribution in [-0.4, -0.2) is 66.9 Å². The van der Waals surface area contributed by atoms with E-state index in [0.717, 1.165) is 11.1 Å². The van der Waals surface area contributed by atoms with Gasteiger partial charge in [0.05, 0.1) is 19.6 Å². The standard InChI is InChI=1S/C23H32N2O6/c1-17(2)13-23(29)31-12-4-11-30-16-22(28)24(3)15-19-7-5-18(6-8-19)14-21(27)25-10-9-20(25)26/h5-8,17H,4,9-16H2,1-3H3. The molecule has 1 aliphatic heterocycles. The third-order valence-corrected chi connectivity index (χ3v) is 4.87. The third kappa shape index (κ3) is 8.49. The van der Waals surface area contributed by atoms with Gasteiger partial charge in [-0.15, -0.1) is 0 Å². The zero-order chi connectivity index (χ0) is 22.8. The summed E-state index contributed by atoms with van der Waals surface area (Å²) in [6.45, 7) is 5.45. The smallest absolute Gasteiger partial charge is 0.306 e. The molecule has 0 aliphatic carbocycles. The molecule has 8 heteroatoms. The van der Waals surface area contributed by atoms with Gasteiger partial charge in [-0.1, -0.05) is 38.1 Å². The van der Waals surface area contributed by atoms with Gasteiger partial charge in [0.25, 0.3) is 0 Å². The fourth-order valence-corrected chi connectivity index (χ4v) is 2.98. The molecule has 2 rings (SSSR count). The van der Waals surface area contributed by atoms with E-state index in [1.165, 1.54) is 4.90 Å². The molecule has 1 heterocycles. The molecule has 31 heavy (non-hydrogen) atoms. The fourth-order valence-electron chi connectivity index (χ4n) is 2.98. The first-order valence-corrected chi connectivity index (χ1v) is 10.6. The van der Waals surface area contributed by atoms with Crippen LogP contribution >= 0.6 is 0 Å². The van der Waals surface area contributed by atoms with Crippen molar-refractivity contribution in [3.8, 4) is 0 Å². The minimum absolute atomic E-state index is 0.0348. The molecular formula is C23H32N2O6. The van der Waals surface area contributed by atoms with E-state index in [2.05, 4.69) is 0 Å². The van der Waals surface area contributed by atoms with Crippen molar-refractivity contribution in [1.29, 1.82) is 0 Å². The summed E-state index contributed by atoms with van der Waals surface area (Å²) in [6, 6.07) is 7.42. The van der Waals surface area contributed by atoms with Gasteiger partial charge in [-0.3, -0.25) is 24.1 Å². The molecule has 0 unspecified atom stereocenters. The zero-order valence-electron chi connectivity index (χ0n) is 18.6. The maximum absolute atomic E-state index is 12.2. The number of imide groups is 1. The molecule has 0 bridgehead atoms. The molecule has 8 nitrogen and oxygen atoms in total. The van der Waals surface area contributed by atoms with Crippen molar-refractivity contribution in [2.45, 2.75) is 46.1 Å². The van der Waals surface area contributed by atoms with Crippen molar-refractivity contribution in [1.82, 2.24) is 9.80 Å². The summed E-state index contributed by atoms with van der Waals surface area (Å²) < 4.78 is 10.5. The summed E-state index contributed by atoms with van der Waals surface area (Å²) in [7, 11) is 1.70. The average Bonchev–Trinajstić information content (AvgIpc) is 2.70. The Kier molecular flexibility index (Phi) is 9.65. The van der Waals surface area contributed by atoms with Crippen LogP contribution in [0.2, 0.25) is 0 Å². The van der Waals surface area contributed by atoms with Crippen LogP contribution in [0.1, 0.15) is 44.2 Å². The Hall–Kier alpha value is -2.74. The van der Waals surface area contributed by atoms with Crippen LogP contribution in [0.25, 0.3) is 0 Å². The van der Waals surface area contributed by atoms with E-state index in [4.69, 9.17) is 9.47 Å². The number of esters is 1. The van der Waals surface area contributed by atoms with Crippen LogP contribution < -0.4 is 0 Å². The highest BCUT2D eigenvalue weighted by molar-refractivity contribution is 6.00. The second-order valence-corrected chi connectivity index (χ2v) is 8.16. The SMILES string of the molecule is CC(C)CC(=O)OCCCOCC(=O)N(C)Cc1ccc(CC(=O)N2CCC2=O)cc1. The molecule has 1 aromatic rings. The van der Waals surface area contributed by atoms with Gasteiger partial charge in [0.1, 0.15) is 6.61 Å². The fraction of sp³-hybridized carbons (Fsp3) is 0.565. The van der Waals surface area contributed by atoms with Crippen LogP contribution in [0, 0.1) is 5.92 Å². The molecule has 170 valence electrons. The summed E-state index contributed by atoms with van der Waals surface area (Å²) in [5, 5.41) is 0. The highest BCUT2D eigenvalue weighted by atomic mass is 16.5. The Bertz CT molecular complexity index is 775. The summed E-state index contributed by atoms with van der Waals surface area (Å²) >= 11 is 0. The first-order valence-electron chi connectivity index (χ1n) is 10.6. The van der Waals surface area contributed by atoms with Gasteiger partial charge in [-0.25, -0.2) is 0 Å². The van der Waals surface area contributed by atoms with Gasteiger partial charge in [-0.2, -0.15) is 0 Å². The molecule has 0 aromatic heterocycles. The van der Waals surface area contributed by atoms with Gasteiger partial charge < -0.3 is 14.4 Å². The van der Waals surface area contributed by atoms with E-state index >= 15 is 0 Å². The number of benzene rings is 1. The van der Waals surface area contributed by atoms with Crippen molar-refractivity contribution in [2.24, 2.45) is 5.92 Å². The lowest BCUT2D eigenvalue weighted by Crippen LogP contribution is -2.48. The molecule has 0 radical (unpaired) electrons. The number of hydrogen-bond donors (Lipinski definition) is 0. The number of carbonyl (C=O) groups excluding carboxylic acids is 4. The number of nitrogens with zero attached hydrogens (tertiary/aromatic N) is 2. The van der Waals surface area contributed by atoms with Gasteiger partial charge in [-0.05, 0) is 17.0 Å². The predicted octanol–water partition coefficient (Wildman–Crippen LogP) is 1.94. The van der Waals surface area contributed by atoms with Gasteiger partial charge in [0.15, 0.2) is 0 Å². The molecule has 1 saturated heterocycles. The molecule has 3 amide bonds. The summed E-state index contributed by atoms with van der Waals surface area (Å²) in [5.74, 6) is -0.381. The van der Waals surface area contributed by atoms with Crippen molar-refractivity contribution in [2.75, 3.05) is 33.4 Å². The van der Waals surface area contributed by atoms with Crippen molar-refractivity contribution in [3.05, 3.63) is 35.4 Å². The number of amides is 3. The second kappa shape index (κ2) is 12.2. The topological polar surface area (TPSA) is 93.2 Å². The van der Waals surface area contributed by atoms with Crippen LogP contribution in [0.3, 0.4) is 0 Å². The number of likely N-dealkylation sites (tertiary alicyclic amines) is 1. The van der Waals surface area contributed by atoms with Gasteiger partial charge in [0.2, 0.25) is 17.7 Å². The maximum atomic E-state index is 12.2. The first kappa shape index (κ1) is 24.5. The van der Waals surface area contributed by atoms with Crippen molar-refractivity contribution in [3.63, 3.8) is 0 Å². The highest BCUT2D eigenvalue weighted by Gasteiger charge is 2.29. The summed E-state index contributed by atoms with van der Waals surface area (Å²) in [5.41, 5.74) is 1.77. The van der Waals surface area contributed by atoms with E-state index in [9.17, 15) is 19.2 Å². The van der Waals surface area contributed by atoms with Crippen molar-refractivity contribution < 1.29 is 28.7 Å². The Labute approximate surface area is 183 Å². The quantitative estimate of drug-likeness (QED) is 0.285. The highest BCUT2D eigenvalue weighted by Crippen LogP contribution is 2.13. The second-order valence-electron chi connectivity index (χ2n) is 8.16. The Morgan fingerprint density at radius 1 is 1.10 bits per heavy atom. The van der Waals surface area contributed by atoms with Crippen LogP contribution in [0.5, 0.6) is 0 Å².